The fraction of sp³-hybridized carbons (Fsp3) is 0.444. The van der Waals surface area contributed by atoms with Crippen LogP contribution in [0.3, 0.4) is 0 Å². The number of hydrogen-bond donors (Lipinski definition) is 6. The van der Waals surface area contributed by atoms with Crippen molar-refractivity contribution < 1.29 is 48.2 Å². The van der Waals surface area contributed by atoms with Crippen molar-refractivity contribution in [3.63, 3.8) is 0 Å². The molecule has 0 fully saturated rings. The third kappa shape index (κ3) is 7.72. The molecule has 0 aliphatic carbocycles. The van der Waals surface area contributed by atoms with Gasteiger partial charge in [0.1, 0.15) is 53.8 Å². The Morgan fingerprint density at radius 3 is 1.65 bits per heavy atom. The van der Waals surface area contributed by atoms with Gasteiger partial charge in [0.05, 0.1) is 6.61 Å². The van der Waals surface area contributed by atoms with Gasteiger partial charge < -0.3 is 30.6 Å². The molecule has 10 heteroatoms. The lowest BCUT2D eigenvalue weighted by atomic mass is 9.91. The summed E-state index contributed by atoms with van der Waals surface area (Å²) in [4.78, 5) is 0. The van der Waals surface area contributed by atoms with Crippen molar-refractivity contribution >= 4 is 0 Å². The minimum Gasteiger partial charge on any atom is -0.394 e. The van der Waals surface area contributed by atoms with Crippen molar-refractivity contribution in [1.29, 1.82) is 0 Å². The molecule has 6 nitrogen and oxygen atoms in total. The van der Waals surface area contributed by atoms with Crippen molar-refractivity contribution in [2.75, 3.05) is 6.61 Å². The molecule has 0 aliphatic rings. The summed E-state index contributed by atoms with van der Waals surface area (Å²) in [6.07, 6.45) is -8.88. The van der Waals surface area contributed by atoms with Crippen LogP contribution in [0.1, 0.15) is 36.1 Å². The van der Waals surface area contributed by atoms with E-state index in [-0.39, 0.29) is 53.5 Å². The van der Waals surface area contributed by atoms with E-state index in [2.05, 4.69) is 5.73 Å². The Hall–Kier alpha value is -2.56. The molecule has 2 rings (SSSR count). The van der Waals surface area contributed by atoms with Crippen LogP contribution < -0.4 is 0 Å². The highest BCUT2D eigenvalue weighted by Crippen LogP contribution is 2.22. The van der Waals surface area contributed by atoms with Crippen LogP contribution >= 0.6 is 0 Å². The van der Waals surface area contributed by atoms with E-state index in [0.717, 1.165) is 24.3 Å². The van der Waals surface area contributed by atoms with E-state index < -0.39 is 60.4 Å². The zero-order valence-electron chi connectivity index (χ0n) is 20.5. The van der Waals surface area contributed by atoms with E-state index >= 15 is 0 Å². The molecule has 0 aliphatic heterocycles. The zero-order valence-corrected chi connectivity index (χ0v) is 20.5. The Balaban J connectivity index is 2.44. The number of aliphatic hydroxyl groups is 6. The van der Waals surface area contributed by atoms with Gasteiger partial charge in [-0.1, -0.05) is 13.8 Å². The van der Waals surface area contributed by atoms with Gasteiger partial charge >= 0.3 is 0 Å². The summed E-state index contributed by atoms with van der Waals surface area (Å²) < 4.78 is 56.8. The van der Waals surface area contributed by atoms with Crippen LogP contribution in [-0.2, 0) is 25.7 Å². The van der Waals surface area contributed by atoms with Crippen LogP contribution in [0.2, 0.25) is 0 Å². The lowest BCUT2D eigenvalue weighted by molar-refractivity contribution is -0.134. The molecule has 0 saturated carbocycles. The Morgan fingerprint density at radius 1 is 0.757 bits per heavy atom. The summed E-state index contributed by atoms with van der Waals surface area (Å²) in [5.41, 5.74) is 2.57. The fourth-order valence-corrected chi connectivity index (χ4v) is 3.90. The van der Waals surface area contributed by atoms with Gasteiger partial charge in [-0.3, -0.25) is 0 Å². The average molecular weight is 529 g/mol. The molecular formula is C27H32F4O6. The van der Waals surface area contributed by atoms with Gasteiger partial charge in [0.25, 0.3) is 0 Å². The monoisotopic (exact) mass is 528 g/mol. The van der Waals surface area contributed by atoms with E-state index in [9.17, 15) is 43.1 Å². The molecule has 2 aromatic carbocycles. The van der Waals surface area contributed by atoms with Crippen LogP contribution in [0, 0.1) is 23.3 Å². The number of hydrogen-bond acceptors (Lipinski definition) is 6. The second-order valence-electron chi connectivity index (χ2n) is 8.70. The van der Waals surface area contributed by atoms with Gasteiger partial charge in [0, 0.05) is 23.1 Å². The highest BCUT2D eigenvalue weighted by atomic mass is 19.1. The Labute approximate surface area is 212 Å². The quantitative estimate of drug-likeness (QED) is 0.185. The summed E-state index contributed by atoms with van der Waals surface area (Å²) in [6, 6.07) is 4.35. The normalized spacial score (nSPS) is 15.5. The smallest absolute Gasteiger partial charge is 0.129 e. The first-order chi connectivity index (χ1) is 17.4. The topological polar surface area (TPSA) is 121 Å². The van der Waals surface area contributed by atoms with Crippen LogP contribution in [0.15, 0.2) is 41.6 Å². The maximum absolute atomic E-state index is 14.3. The van der Waals surface area contributed by atoms with Crippen LogP contribution in [0.5, 0.6) is 0 Å². The number of benzene rings is 2. The van der Waals surface area contributed by atoms with Crippen molar-refractivity contribution in [1.82, 2.24) is 0 Å². The van der Waals surface area contributed by atoms with E-state index in [1.807, 2.05) is 0 Å². The molecule has 37 heavy (non-hydrogen) atoms. The molecular weight excluding hydrogens is 496 g/mol. The largest absolute Gasteiger partial charge is 0.394 e. The van der Waals surface area contributed by atoms with E-state index in [0.29, 0.717) is 0 Å². The molecule has 0 saturated heterocycles. The summed E-state index contributed by atoms with van der Waals surface area (Å²) in [6.45, 7) is 2.24. The third-order valence-corrected chi connectivity index (χ3v) is 6.09. The molecule has 0 bridgehead atoms. The molecule has 0 amide bonds. The van der Waals surface area contributed by atoms with Gasteiger partial charge in [0.2, 0.25) is 0 Å². The second kappa shape index (κ2) is 13.8. The van der Waals surface area contributed by atoms with Gasteiger partial charge in [-0.2, -0.15) is 0 Å². The first-order valence-electron chi connectivity index (χ1n) is 11.8. The first-order valence-corrected chi connectivity index (χ1v) is 11.8. The summed E-state index contributed by atoms with van der Waals surface area (Å²) in [5, 5.41) is 59.7. The third-order valence-electron chi connectivity index (χ3n) is 6.09. The lowest BCUT2D eigenvalue weighted by Gasteiger charge is -2.29. The highest BCUT2D eigenvalue weighted by Gasteiger charge is 2.35. The molecule has 0 spiro atoms. The van der Waals surface area contributed by atoms with E-state index in [1.54, 1.807) is 13.8 Å². The predicted molar refractivity (Wildman–Crippen MR) is 128 cm³/mol. The average Bonchev–Trinajstić information content (AvgIpc) is 2.85. The molecule has 6 N–H and O–H groups in total. The number of halogens is 4. The molecule has 2 aromatic rings. The van der Waals surface area contributed by atoms with Gasteiger partial charge in [0.15, 0.2) is 0 Å². The number of rotatable bonds is 12. The van der Waals surface area contributed by atoms with Crippen molar-refractivity contribution in [2.45, 2.75) is 70.1 Å². The molecule has 0 radical (unpaired) electrons. The zero-order chi connectivity index (χ0) is 27.9. The molecule has 0 heterocycles. The summed E-state index contributed by atoms with van der Waals surface area (Å²) >= 11 is 0. The lowest BCUT2D eigenvalue weighted by Crippen LogP contribution is -2.50. The predicted octanol–water partition coefficient (Wildman–Crippen LogP) is 2.03. The minimum atomic E-state index is -2.12. The highest BCUT2D eigenvalue weighted by molar-refractivity contribution is 5.32. The van der Waals surface area contributed by atoms with Crippen LogP contribution in [-0.4, -0.2) is 67.8 Å². The standard InChI is InChI=1S/C27H32F4O6/c1-3-17-19(28)9-14(10-20(17)29)6-5-7-16(8-15-11-21(30)18(4-2)22(31)12-15)24(34)26(36)27(37)25(35)23(33)13-32/h5,9-12,23-27,32-37H,3-4,6,8,13H2,1-2H3/t7?,23-,24?,25+,26+,27-/m0/s1. The molecule has 1 unspecified atom stereocenters. The van der Waals surface area contributed by atoms with E-state index in [4.69, 9.17) is 5.11 Å². The van der Waals surface area contributed by atoms with Gasteiger partial charge in [-0.25, -0.2) is 17.6 Å². The van der Waals surface area contributed by atoms with Gasteiger partial charge in [-0.05, 0) is 60.7 Å². The SMILES string of the molecule is CCc1c(F)cc(CC=C=C(Cc2cc(F)c(CC)c(F)c2)C(O)[C@@H](O)[C@@H](O)[C@H](O)[C@@H](O)CO)cc1F. The van der Waals surface area contributed by atoms with Crippen LogP contribution in [0.25, 0.3) is 0 Å². The maximum atomic E-state index is 14.3. The summed E-state index contributed by atoms with van der Waals surface area (Å²) in [7, 11) is 0. The van der Waals surface area contributed by atoms with Crippen molar-refractivity contribution in [3.05, 3.63) is 87.2 Å². The minimum absolute atomic E-state index is 0.0594. The Bertz CT molecular complexity index is 1090. The second-order valence-corrected chi connectivity index (χ2v) is 8.70. The van der Waals surface area contributed by atoms with Crippen molar-refractivity contribution in [2.24, 2.45) is 0 Å². The van der Waals surface area contributed by atoms with Crippen LogP contribution in [0.4, 0.5) is 17.6 Å². The fourth-order valence-electron chi connectivity index (χ4n) is 3.90. The number of aliphatic hydroxyl groups excluding tert-OH is 6. The summed E-state index contributed by atoms with van der Waals surface area (Å²) in [5.74, 6) is -3.10. The van der Waals surface area contributed by atoms with E-state index in [1.165, 1.54) is 6.08 Å². The maximum Gasteiger partial charge on any atom is 0.129 e. The molecule has 204 valence electrons. The Kier molecular flexibility index (Phi) is 11.5. The Morgan fingerprint density at radius 2 is 1.22 bits per heavy atom. The first kappa shape index (κ1) is 30.7. The van der Waals surface area contributed by atoms with Gasteiger partial charge in [-0.15, -0.1) is 5.73 Å². The molecule has 5 atom stereocenters. The molecule has 0 aromatic heterocycles. The van der Waals surface area contributed by atoms with Crippen molar-refractivity contribution in [3.8, 4) is 0 Å².